The van der Waals surface area contributed by atoms with Gasteiger partial charge in [-0.2, -0.15) is 5.10 Å². The molecule has 35 heavy (non-hydrogen) atoms. The Morgan fingerprint density at radius 2 is 1.71 bits per heavy atom. The Morgan fingerprint density at radius 1 is 1.03 bits per heavy atom. The van der Waals surface area contributed by atoms with Gasteiger partial charge in [-0.15, -0.1) is 0 Å². The molecule has 184 valence electrons. The molecular formula is C24H28N6O5. The van der Waals surface area contributed by atoms with E-state index in [1.165, 1.54) is 21.3 Å². The molecule has 0 saturated carbocycles. The first-order chi connectivity index (χ1) is 16.9. The van der Waals surface area contributed by atoms with Gasteiger partial charge in [0, 0.05) is 36.2 Å². The molecule has 2 unspecified atom stereocenters. The molecule has 4 N–H and O–H groups in total. The third-order valence-corrected chi connectivity index (χ3v) is 5.45. The van der Waals surface area contributed by atoms with Gasteiger partial charge in [0.05, 0.1) is 32.7 Å². The lowest BCUT2D eigenvalue weighted by Crippen LogP contribution is -2.52. The normalized spacial score (nSPS) is 17.3. The Kier molecular flexibility index (Phi) is 7.06. The summed E-state index contributed by atoms with van der Waals surface area (Å²) in [5.41, 5.74) is 1.95. The van der Waals surface area contributed by atoms with Crippen molar-refractivity contribution in [3.8, 4) is 28.5 Å². The molecule has 0 bridgehead atoms. The van der Waals surface area contributed by atoms with Crippen LogP contribution in [0.3, 0.4) is 0 Å². The standard InChI is InChI=1S/C24H28N6O5/c1-14-10-21(31)28-23(25-14)30-20(13-17(29-30)15-8-6-5-7-9-15)27-24(32)26-16-11-18(33-2)22(35-4)19(12-16)34-3/h5-9,11-14,23,25H,10H2,1-4H3,(H,28,31)(H2,26,27,32). The Hall–Kier alpha value is -4.25. The van der Waals surface area contributed by atoms with Gasteiger partial charge in [0.2, 0.25) is 11.7 Å². The summed E-state index contributed by atoms with van der Waals surface area (Å²) in [6, 6.07) is 14.0. The van der Waals surface area contributed by atoms with Gasteiger partial charge in [-0.05, 0) is 6.92 Å². The highest BCUT2D eigenvalue weighted by Crippen LogP contribution is 2.40. The molecule has 1 aliphatic rings. The van der Waals surface area contributed by atoms with Gasteiger partial charge in [0.15, 0.2) is 17.8 Å². The molecule has 4 rings (SSSR count). The van der Waals surface area contributed by atoms with E-state index < -0.39 is 12.3 Å². The molecule has 0 aliphatic carbocycles. The first-order valence-electron chi connectivity index (χ1n) is 11.0. The molecule has 0 spiro atoms. The van der Waals surface area contributed by atoms with Gasteiger partial charge in [-0.3, -0.25) is 15.4 Å². The molecule has 1 saturated heterocycles. The summed E-state index contributed by atoms with van der Waals surface area (Å²) >= 11 is 0. The van der Waals surface area contributed by atoms with E-state index in [4.69, 9.17) is 14.2 Å². The third kappa shape index (κ3) is 5.30. The molecule has 2 heterocycles. The highest BCUT2D eigenvalue weighted by atomic mass is 16.5. The van der Waals surface area contributed by atoms with Gasteiger partial charge in [-0.25, -0.2) is 9.48 Å². The number of hydrogen-bond donors (Lipinski definition) is 4. The predicted molar refractivity (Wildman–Crippen MR) is 131 cm³/mol. The number of nitrogens with one attached hydrogen (secondary N) is 4. The van der Waals surface area contributed by atoms with Gasteiger partial charge in [0.25, 0.3) is 0 Å². The number of nitrogens with zero attached hydrogens (tertiary/aromatic N) is 2. The Labute approximate surface area is 202 Å². The summed E-state index contributed by atoms with van der Waals surface area (Å²) in [4.78, 5) is 25.1. The largest absolute Gasteiger partial charge is 0.493 e. The van der Waals surface area contributed by atoms with E-state index in [2.05, 4.69) is 26.4 Å². The number of amides is 3. The number of rotatable bonds is 7. The maximum absolute atomic E-state index is 13.0. The van der Waals surface area contributed by atoms with E-state index in [1.54, 1.807) is 22.9 Å². The monoisotopic (exact) mass is 480 g/mol. The lowest BCUT2D eigenvalue weighted by atomic mass is 10.2. The lowest BCUT2D eigenvalue weighted by Gasteiger charge is -2.30. The molecule has 1 aliphatic heterocycles. The number of ether oxygens (including phenoxy) is 3. The molecule has 0 radical (unpaired) electrons. The molecule has 3 amide bonds. The molecule has 11 nitrogen and oxygen atoms in total. The van der Waals surface area contributed by atoms with Crippen LogP contribution in [0.5, 0.6) is 17.2 Å². The number of aromatic nitrogens is 2. The van der Waals surface area contributed by atoms with Crippen LogP contribution in [0.15, 0.2) is 48.5 Å². The van der Waals surface area contributed by atoms with Crippen LogP contribution in [-0.2, 0) is 4.79 Å². The minimum Gasteiger partial charge on any atom is -0.493 e. The van der Waals surface area contributed by atoms with Crippen molar-refractivity contribution in [1.29, 1.82) is 0 Å². The fraction of sp³-hybridized carbons (Fsp3) is 0.292. The van der Waals surface area contributed by atoms with Crippen molar-refractivity contribution in [1.82, 2.24) is 20.4 Å². The zero-order valence-corrected chi connectivity index (χ0v) is 19.9. The second-order valence-corrected chi connectivity index (χ2v) is 7.96. The van der Waals surface area contributed by atoms with Crippen LogP contribution >= 0.6 is 0 Å². The van der Waals surface area contributed by atoms with Crippen LogP contribution in [0.2, 0.25) is 0 Å². The van der Waals surface area contributed by atoms with Gasteiger partial charge in [0.1, 0.15) is 5.82 Å². The number of benzene rings is 2. The molecule has 11 heteroatoms. The quantitative estimate of drug-likeness (QED) is 0.409. The maximum Gasteiger partial charge on any atom is 0.324 e. The molecule has 2 atom stereocenters. The number of carbonyl (C=O) groups excluding carboxylic acids is 2. The van der Waals surface area contributed by atoms with Crippen molar-refractivity contribution >= 4 is 23.4 Å². The van der Waals surface area contributed by atoms with E-state index in [0.717, 1.165) is 5.56 Å². The van der Waals surface area contributed by atoms with Crippen LogP contribution in [0.1, 0.15) is 19.6 Å². The molecular weight excluding hydrogens is 452 g/mol. The Bertz CT molecular complexity index is 1190. The van der Waals surface area contributed by atoms with Crippen molar-refractivity contribution < 1.29 is 23.8 Å². The summed E-state index contributed by atoms with van der Waals surface area (Å²) in [5, 5.41) is 16.4. The molecule has 1 aromatic heterocycles. The number of methoxy groups -OCH3 is 3. The minimum absolute atomic E-state index is 0.0565. The van der Waals surface area contributed by atoms with E-state index >= 15 is 0 Å². The minimum atomic E-state index is -0.625. The molecule has 3 aromatic rings. The van der Waals surface area contributed by atoms with Crippen LogP contribution in [0, 0.1) is 0 Å². The van der Waals surface area contributed by atoms with Crippen LogP contribution in [-0.4, -0.2) is 49.1 Å². The number of urea groups is 1. The number of carbonyl (C=O) groups is 2. The first-order valence-corrected chi connectivity index (χ1v) is 11.0. The third-order valence-electron chi connectivity index (χ3n) is 5.45. The lowest BCUT2D eigenvalue weighted by molar-refractivity contribution is -0.125. The van der Waals surface area contributed by atoms with E-state index in [1.807, 2.05) is 37.3 Å². The fourth-order valence-electron chi connectivity index (χ4n) is 3.86. The van der Waals surface area contributed by atoms with Crippen molar-refractivity contribution in [2.75, 3.05) is 32.0 Å². The SMILES string of the molecule is COc1cc(NC(=O)Nc2cc(-c3ccccc3)nn2C2NC(=O)CC(C)N2)cc(OC)c1OC. The Balaban J connectivity index is 1.62. The zero-order valence-electron chi connectivity index (χ0n) is 19.9. The average Bonchev–Trinajstić information content (AvgIpc) is 3.26. The van der Waals surface area contributed by atoms with Crippen molar-refractivity contribution in [3.05, 3.63) is 48.5 Å². The smallest absolute Gasteiger partial charge is 0.324 e. The molecule has 2 aromatic carbocycles. The topological polar surface area (TPSA) is 128 Å². The second kappa shape index (κ2) is 10.3. The summed E-state index contributed by atoms with van der Waals surface area (Å²) in [7, 11) is 4.50. The van der Waals surface area contributed by atoms with Gasteiger partial charge >= 0.3 is 6.03 Å². The highest BCUT2D eigenvalue weighted by Gasteiger charge is 2.27. The van der Waals surface area contributed by atoms with Gasteiger partial charge in [-0.1, -0.05) is 30.3 Å². The zero-order chi connectivity index (χ0) is 24.9. The van der Waals surface area contributed by atoms with Gasteiger partial charge < -0.3 is 24.8 Å². The number of hydrogen-bond acceptors (Lipinski definition) is 7. The van der Waals surface area contributed by atoms with Crippen LogP contribution in [0.25, 0.3) is 11.3 Å². The number of anilines is 2. The summed E-state index contributed by atoms with van der Waals surface area (Å²) in [6.45, 7) is 1.91. The molecule has 1 fully saturated rings. The predicted octanol–water partition coefficient (Wildman–Crippen LogP) is 3.17. The summed E-state index contributed by atoms with van der Waals surface area (Å²) in [6.07, 6.45) is -0.270. The van der Waals surface area contributed by atoms with E-state index in [-0.39, 0.29) is 11.9 Å². The first kappa shape index (κ1) is 23.9. The van der Waals surface area contributed by atoms with E-state index in [9.17, 15) is 9.59 Å². The second-order valence-electron chi connectivity index (χ2n) is 7.96. The summed E-state index contributed by atoms with van der Waals surface area (Å²) < 4.78 is 17.6. The average molecular weight is 481 g/mol. The van der Waals surface area contributed by atoms with E-state index in [0.29, 0.717) is 40.9 Å². The Morgan fingerprint density at radius 3 is 2.31 bits per heavy atom. The van der Waals surface area contributed by atoms with Crippen LogP contribution in [0.4, 0.5) is 16.3 Å². The van der Waals surface area contributed by atoms with Crippen molar-refractivity contribution in [3.63, 3.8) is 0 Å². The van der Waals surface area contributed by atoms with Crippen molar-refractivity contribution in [2.24, 2.45) is 0 Å². The maximum atomic E-state index is 13.0. The van der Waals surface area contributed by atoms with Crippen molar-refractivity contribution in [2.45, 2.75) is 25.7 Å². The van der Waals surface area contributed by atoms with Crippen LogP contribution < -0.4 is 35.5 Å². The fourth-order valence-corrected chi connectivity index (χ4v) is 3.86. The highest BCUT2D eigenvalue weighted by molar-refractivity contribution is 6.00. The summed E-state index contributed by atoms with van der Waals surface area (Å²) in [5.74, 6) is 1.51.